The second kappa shape index (κ2) is 17.8. The van der Waals surface area contributed by atoms with Gasteiger partial charge in [0.05, 0.1) is 0 Å². The van der Waals surface area contributed by atoms with Crippen LogP contribution in [0.5, 0.6) is 0 Å². The van der Waals surface area contributed by atoms with Gasteiger partial charge in [0, 0.05) is 0 Å². The summed E-state index contributed by atoms with van der Waals surface area (Å²) in [6.07, 6.45) is 19.5. The second-order valence-corrected chi connectivity index (χ2v) is 11.7. The average molecular weight is 391 g/mol. The van der Waals surface area contributed by atoms with Crippen molar-refractivity contribution in [3.63, 3.8) is 0 Å². The molecule has 2 aliphatic rings. The SMILES string of the molecule is CCC1=[C-]C(CC)C=C1CC.C[Si](C)=[Ti+2].[C-]1=CC=CC1.[Cl-].[Cl-]. The van der Waals surface area contributed by atoms with Crippen molar-refractivity contribution in [1.29, 1.82) is 0 Å². The van der Waals surface area contributed by atoms with Crippen LogP contribution in [0.1, 0.15) is 46.5 Å². The smallest absolute Gasteiger partial charge is 0.109 e. The monoisotopic (exact) mass is 390 g/mol. The summed E-state index contributed by atoms with van der Waals surface area (Å²) in [6.45, 7) is 11.2. The molecule has 0 saturated carbocycles. The van der Waals surface area contributed by atoms with Crippen LogP contribution in [0.4, 0.5) is 0 Å². The molecule has 0 aliphatic heterocycles. The Kier molecular flexibility index (Phi) is 22.1. The molecule has 0 aromatic rings. The molecule has 0 aromatic carbocycles. The van der Waals surface area contributed by atoms with Crippen LogP contribution in [0.15, 0.2) is 35.5 Å². The molecule has 2 aliphatic carbocycles. The first kappa shape index (κ1) is 27.3. The largest absolute Gasteiger partial charge is 1.00 e. The Morgan fingerprint density at radius 1 is 1.18 bits per heavy atom. The van der Waals surface area contributed by atoms with Gasteiger partial charge in [-0.1, -0.05) is 46.0 Å². The van der Waals surface area contributed by atoms with Gasteiger partial charge in [-0.3, -0.25) is 12.2 Å². The molecule has 0 saturated heterocycles. The minimum Gasteiger partial charge on any atom is -1.00 e. The molecule has 1 unspecified atom stereocenters. The minimum atomic E-state index is 0. The zero-order valence-electron chi connectivity index (χ0n) is 14.5. The Hall–Kier alpha value is 0.471. The molecule has 124 valence electrons. The van der Waals surface area contributed by atoms with E-state index in [1.165, 1.54) is 24.0 Å². The van der Waals surface area contributed by atoms with Crippen LogP contribution in [0.25, 0.3) is 0 Å². The van der Waals surface area contributed by atoms with Gasteiger partial charge in [0.15, 0.2) is 0 Å². The molecule has 4 heteroatoms. The van der Waals surface area contributed by atoms with Gasteiger partial charge in [0.2, 0.25) is 0 Å². The van der Waals surface area contributed by atoms with Gasteiger partial charge in [-0.05, 0) is 0 Å². The molecule has 0 bridgehead atoms. The summed E-state index contributed by atoms with van der Waals surface area (Å²) in [5, 5.41) is 0. The summed E-state index contributed by atoms with van der Waals surface area (Å²) >= 11 is 2.27. The Morgan fingerprint density at radius 3 is 2.00 bits per heavy atom. The third kappa shape index (κ3) is 14.1. The maximum absolute atomic E-state index is 3.52. The fourth-order valence-electron chi connectivity index (χ4n) is 1.92. The van der Waals surface area contributed by atoms with E-state index in [1.54, 1.807) is 0 Å². The molecule has 0 radical (unpaired) electrons. The van der Waals surface area contributed by atoms with Crippen molar-refractivity contribution in [3.05, 3.63) is 47.6 Å². The predicted molar refractivity (Wildman–Crippen MR) is 88.3 cm³/mol. The average Bonchev–Trinajstić information content (AvgIpc) is 3.10. The summed E-state index contributed by atoms with van der Waals surface area (Å²) in [5.41, 5.74) is 2.98. The molecule has 0 fully saturated rings. The molecule has 0 amide bonds. The number of rotatable bonds is 3. The topological polar surface area (TPSA) is 0 Å². The first-order valence-electron chi connectivity index (χ1n) is 7.61. The first-order valence-corrected chi connectivity index (χ1v) is 12.5. The van der Waals surface area contributed by atoms with Gasteiger partial charge in [-0.25, -0.2) is 17.7 Å². The molecule has 0 nitrogen and oxygen atoms in total. The maximum atomic E-state index is 3.52. The number of allylic oxidation sites excluding steroid dienone is 8. The van der Waals surface area contributed by atoms with Crippen LogP contribution in [-0.2, 0) is 19.2 Å². The summed E-state index contributed by atoms with van der Waals surface area (Å²) in [6, 6.07) is 0. The Labute approximate surface area is 162 Å². The summed E-state index contributed by atoms with van der Waals surface area (Å²) in [4.78, 5) is 0. The number of hydrogen-bond donors (Lipinski definition) is 0. The molecule has 0 aromatic heterocycles. The fraction of sp³-hybridized carbons (Fsp3) is 0.556. The normalized spacial score (nSPS) is 17.0. The van der Waals surface area contributed by atoms with E-state index >= 15 is 0 Å². The van der Waals surface area contributed by atoms with Crippen molar-refractivity contribution in [1.82, 2.24) is 0 Å². The molecule has 0 N–H and O–H groups in total. The van der Waals surface area contributed by atoms with Gasteiger partial charge in [-0.2, -0.15) is 17.7 Å². The predicted octanol–water partition coefficient (Wildman–Crippen LogP) is -0.400. The van der Waals surface area contributed by atoms with Crippen LogP contribution < -0.4 is 24.8 Å². The van der Waals surface area contributed by atoms with Crippen molar-refractivity contribution in [2.75, 3.05) is 0 Å². The van der Waals surface area contributed by atoms with Gasteiger partial charge in [0.1, 0.15) is 0 Å². The Morgan fingerprint density at radius 2 is 1.77 bits per heavy atom. The molecule has 22 heavy (non-hydrogen) atoms. The first-order chi connectivity index (χ1) is 9.54. The van der Waals surface area contributed by atoms with E-state index in [1.807, 2.05) is 12.2 Å². The third-order valence-corrected chi connectivity index (χ3v) is 2.91. The summed E-state index contributed by atoms with van der Waals surface area (Å²) < 4.78 is 0. The van der Waals surface area contributed by atoms with Crippen molar-refractivity contribution in [2.45, 2.75) is 59.5 Å². The van der Waals surface area contributed by atoms with Crippen molar-refractivity contribution >= 4 is 6.19 Å². The van der Waals surface area contributed by atoms with E-state index in [9.17, 15) is 0 Å². The molecular weight excluding hydrogens is 363 g/mol. The quantitative estimate of drug-likeness (QED) is 0.454. The van der Waals surface area contributed by atoms with Gasteiger partial charge in [0.25, 0.3) is 0 Å². The number of hydrogen-bond acceptors (Lipinski definition) is 0. The van der Waals surface area contributed by atoms with E-state index < -0.39 is 0 Å². The molecule has 0 heterocycles. The summed E-state index contributed by atoms with van der Waals surface area (Å²) in [7, 11) is 0. The third-order valence-electron chi connectivity index (χ3n) is 2.91. The van der Waals surface area contributed by atoms with Crippen LogP contribution in [0.3, 0.4) is 0 Å². The second-order valence-electron chi connectivity index (χ2n) is 5.04. The van der Waals surface area contributed by atoms with Gasteiger partial charge in [-0.15, -0.1) is 6.42 Å². The fourth-order valence-corrected chi connectivity index (χ4v) is 1.92. The van der Waals surface area contributed by atoms with Crippen molar-refractivity contribution in [2.24, 2.45) is 5.92 Å². The standard InChI is InChI=1S/C11H17.C5H5.C2H6Si.2ClH.Ti/c1-4-9-7-10(5-2)11(6-3)8-9;1-2-4-5-3-1;1-3-2;;;/h7,9H,4-6H2,1-3H3;1-3H,4H2;1-2H3;2*1H;/q2*-1;;;;+2/p-2. The van der Waals surface area contributed by atoms with E-state index in [0.717, 1.165) is 12.8 Å². The molecule has 1 atom stereocenters. The van der Waals surface area contributed by atoms with Crippen molar-refractivity contribution in [3.8, 4) is 0 Å². The molecule has 2 rings (SSSR count). The summed E-state index contributed by atoms with van der Waals surface area (Å²) in [5.74, 6) is 0.611. The molecular formula is C18H28Cl2SiTi-2. The van der Waals surface area contributed by atoms with E-state index in [-0.39, 0.29) is 31.0 Å². The van der Waals surface area contributed by atoms with E-state index in [4.69, 9.17) is 0 Å². The molecule has 0 spiro atoms. The van der Waals surface area contributed by atoms with Gasteiger partial charge >= 0.3 is 38.5 Å². The minimum absolute atomic E-state index is 0. The Balaban J connectivity index is -0.000000278. The maximum Gasteiger partial charge on any atom is -0.109 e. The van der Waals surface area contributed by atoms with Crippen molar-refractivity contribution < 1.29 is 44.0 Å². The van der Waals surface area contributed by atoms with Crippen LogP contribution in [0, 0.1) is 18.1 Å². The zero-order valence-corrected chi connectivity index (χ0v) is 18.5. The van der Waals surface area contributed by atoms with Crippen LogP contribution >= 0.6 is 0 Å². The number of halogens is 2. The van der Waals surface area contributed by atoms with E-state index in [2.05, 4.69) is 77.3 Å². The van der Waals surface area contributed by atoms with Crippen LogP contribution in [0.2, 0.25) is 13.1 Å². The Bertz CT molecular complexity index is 375. The van der Waals surface area contributed by atoms with Gasteiger partial charge < -0.3 is 24.8 Å². The van der Waals surface area contributed by atoms with E-state index in [0.29, 0.717) is 5.92 Å². The van der Waals surface area contributed by atoms with Crippen LogP contribution in [-0.4, -0.2) is 6.19 Å². The zero-order chi connectivity index (χ0) is 15.4.